The Morgan fingerprint density at radius 1 is 1.14 bits per heavy atom. The number of Topliss-reactive ketones (excluding diaryl/α,β-unsaturated/α-hetero) is 1. The lowest BCUT2D eigenvalue weighted by atomic mass is 9.56. The lowest BCUT2D eigenvalue weighted by Crippen LogP contribution is -2.49. The molecule has 0 bridgehead atoms. The number of hydrogen-bond donors (Lipinski definition) is 1. The van der Waals surface area contributed by atoms with E-state index < -0.39 is 41.4 Å². The second kappa shape index (κ2) is 8.54. The largest absolute Gasteiger partial charge is 0.458 e. The van der Waals surface area contributed by atoms with Crippen LogP contribution in [0.5, 0.6) is 0 Å². The van der Waals surface area contributed by atoms with Crippen molar-refractivity contribution in [1.82, 2.24) is 0 Å². The molecule has 4 aliphatic carbocycles. The quantitative estimate of drug-likeness (QED) is 0.345. The Morgan fingerprint density at radius 3 is 2.58 bits per heavy atom. The SMILES string of the molecule is C=C(C(=O)O[C@H]1C(=O)C2=C(C)CCC3C(=C)C(=O)O[C@@H]3C2[C@]1(C)O)C1CC[C@]2(C)CCCC(=C)[C@H]2C1. The summed E-state index contributed by atoms with van der Waals surface area (Å²) in [6.07, 6.45) is 5.17. The second-order valence-electron chi connectivity index (χ2n) is 12.3. The summed E-state index contributed by atoms with van der Waals surface area (Å²) in [6, 6.07) is 0. The number of carbonyl (C=O) groups is 3. The van der Waals surface area contributed by atoms with Crippen molar-refractivity contribution in [2.45, 2.75) is 89.9 Å². The molecule has 5 rings (SSSR count). The Morgan fingerprint density at radius 2 is 1.86 bits per heavy atom. The topological polar surface area (TPSA) is 89.9 Å². The van der Waals surface area contributed by atoms with Crippen molar-refractivity contribution in [3.8, 4) is 0 Å². The number of ketones is 1. The van der Waals surface area contributed by atoms with E-state index in [1.807, 2.05) is 6.92 Å². The summed E-state index contributed by atoms with van der Waals surface area (Å²) in [7, 11) is 0. The Bertz CT molecular complexity index is 1110. The van der Waals surface area contributed by atoms with Gasteiger partial charge in [0.1, 0.15) is 11.7 Å². The van der Waals surface area contributed by atoms with Gasteiger partial charge < -0.3 is 14.6 Å². The molecule has 0 amide bonds. The van der Waals surface area contributed by atoms with Crippen LogP contribution >= 0.6 is 0 Å². The van der Waals surface area contributed by atoms with Crippen molar-refractivity contribution in [1.29, 1.82) is 0 Å². The normalized spacial score (nSPS) is 42.3. The number of allylic oxidation sites excluding steroid dienone is 2. The van der Waals surface area contributed by atoms with E-state index in [1.165, 1.54) is 25.3 Å². The molecule has 5 aliphatic rings. The van der Waals surface area contributed by atoms with Crippen molar-refractivity contribution in [3.05, 3.63) is 47.6 Å². The predicted octanol–water partition coefficient (Wildman–Crippen LogP) is 4.78. The number of rotatable bonds is 3. The molecule has 0 aromatic heterocycles. The highest BCUT2D eigenvalue weighted by atomic mass is 16.6. The average molecular weight is 495 g/mol. The highest BCUT2D eigenvalue weighted by Crippen LogP contribution is 2.55. The van der Waals surface area contributed by atoms with Crippen LogP contribution in [0, 0.1) is 29.1 Å². The van der Waals surface area contributed by atoms with Crippen LogP contribution in [0.3, 0.4) is 0 Å². The molecule has 1 heterocycles. The third-order valence-corrected chi connectivity index (χ3v) is 10.1. The summed E-state index contributed by atoms with van der Waals surface area (Å²) in [4.78, 5) is 39.2. The van der Waals surface area contributed by atoms with E-state index in [0.717, 1.165) is 31.3 Å². The number of fused-ring (bicyclic) bond motifs is 4. The predicted molar refractivity (Wildman–Crippen MR) is 135 cm³/mol. The number of aliphatic hydroxyl groups is 1. The highest BCUT2D eigenvalue weighted by Gasteiger charge is 2.64. The first-order valence-electron chi connectivity index (χ1n) is 13.3. The van der Waals surface area contributed by atoms with Gasteiger partial charge in [0.25, 0.3) is 0 Å². The van der Waals surface area contributed by atoms with Crippen molar-refractivity contribution >= 4 is 17.7 Å². The molecule has 6 nitrogen and oxygen atoms in total. The van der Waals surface area contributed by atoms with Crippen molar-refractivity contribution in [2.75, 3.05) is 0 Å². The maximum Gasteiger partial charge on any atom is 0.334 e. The van der Waals surface area contributed by atoms with E-state index in [4.69, 9.17) is 9.47 Å². The van der Waals surface area contributed by atoms with E-state index in [2.05, 4.69) is 26.7 Å². The van der Waals surface area contributed by atoms with Gasteiger partial charge in [-0.3, -0.25) is 4.79 Å². The van der Waals surface area contributed by atoms with Gasteiger partial charge in [0.15, 0.2) is 6.10 Å². The Balaban J connectivity index is 1.36. The third kappa shape index (κ3) is 3.67. The molecule has 4 fully saturated rings. The van der Waals surface area contributed by atoms with Gasteiger partial charge in [-0.25, -0.2) is 9.59 Å². The van der Waals surface area contributed by atoms with Crippen LogP contribution in [-0.2, 0) is 23.9 Å². The van der Waals surface area contributed by atoms with E-state index in [9.17, 15) is 19.5 Å². The summed E-state index contributed by atoms with van der Waals surface area (Å²) in [5.41, 5.74) is 1.75. The zero-order chi connectivity index (χ0) is 26.2. The molecule has 3 saturated carbocycles. The van der Waals surface area contributed by atoms with Crippen molar-refractivity contribution in [3.63, 3.8) is 0 Å². The fraction of sp³-hybridized carbons (Fsp3) is 0.633. The van der Waals surface area contributed by atoms with Gasteiger partial charge in [-0.05, 0) is 82.5 Å². The van der Waals surface area contributed by atoms with Crippen LogP contribution in [0.2, 0.25) is 0 Å². The van der Waals surface area contributed by atoms with Gasteiger partial charge in [-0.1, -0.05) is 37.8 Å². The van der Waals surface area contributed by atoms with Crippen LogP contribution in [0.4, 0.5) is 0 Å². The Kier molecular flexibility index (Phi) is 5.98. The second-order valence-corrected chi connectivity index (χ2v) is 12.3. The molecule has 1 N–H and O–H groups in total. The molecule has 8 atom stereocenters. The van der Waals surface area contributed by atoms with Crippen LogP contribution in [0.25, 0.3) is 0 Å². The van der Waals surface area contributed by atoms with Crippen molar-refractivity contribution in [2.24, 2.45) is 29.1 Å². The summed E-state index contributed by atoms with van der Waals surface area (Å²) in [6.45, 7) is 18.0. The Labute approximate surface area is 213 Å². The average Bonchev–Trinajstić information content (AvgIpc) is 3.12. The number of esters is 2. The molecular formula is C30H38O6. The first-order valence-corrected chi connectivity index (χ1v) is 13.3. The third-order valence-electron chi connectivity index (χ3n) is 10.1. The van der Waals surface area contributed by atoms with Crippen LogP contribution in [0.1, 0.15) is 72.1 Å². The number of carbonyl (C=O) groups excluding carboxylic acids is 3. The number of ether oxygens (including phenoxy) is 2. The smallest absolute Gasteiger partial charge is 0.334 e. The molecule has 0 spiro atoms. The lowest BCUT2D eigenvalue weighted by Gasteiger charge is -2.49. The fourth-order valence-corrected chi connectivity index (χ4v) is 7.82. The fourth-order valence-electron chi connectivity index (χ4n) is 7.82. The molecule has 0 aromatic carbocycles. The van der Waals surface area contributed by atoms with Gasteiger partial charge in [-0.2, -0.15) is 0 Å². The van der Waals surface area contributed by atoms with Crippen molar-refractivity contribution < 1.29 is 29.0 Å². The van der Waals surface area contributed by atoms with E-state index in [1.54, 1.807) is 0 Å². The maximum absolute atomic E-state index is 13.6. The molecule has 1 saturated heterocycles. The first-order chi connectivity index (χ1) is 16.9. The molecule has 3 unspecified atom stereocenters. The summed E-state index contributed by atoms with van der Waals surface area (Å²) >= 11 is 0. The van der Waals surface area contributed by atoms with E-state index >= 15 is 0 Å². The molecule has 0 radical (unpaired) electrons. The molecule has 1 aliphatic heterocycles. The summed E-state index contributed by atoms with van der Waals surface area (Å²) in [5.74, 6) is -2.27. The summed E-state index contributed by atoms with van der Waals surface area (Å²) in [5, 5.41) is 11.7. The molecule has 6 heteroatoms. The minimum atomic E-state index is -1.72. The Hall–Kier alpha value is -2.47. The lowest BCUT2D eigenvalue weighted by molar-refractivity contribution is -0.169. The standard InChI is InChI=1S/C30H38O6/c1-15-8-7-12-29(5)13-11-19(14-21(15)29)17(3)27(32)36-26-24(31)22-16(2)9-10-20-18(4)28(33)35-25(20)23(22)30(26,6)34/h19-21,23,25-26,34H,1,3-4,7-14H2,2,5-6H3/t19?,20?,21-,23?,25+,26+,29+,30+/m1/s1. The van der Waals surface area contributed by atoms with Crippen LogP contribution in [-0.4, -0.2) is 40.6 Å². The minimum absolute atomic E-state index is 0.0400. The van der Waals surface area contributed by atoms with E-state index in [-0.39, 0.29) is 17.3 Å². The zero-order valence-electron chi connectivity index (χ0n) is 21.7. The zero-order valence-corrected chi connectivity index (χ0v) is 21.7. The van der Waals surface area contributed by atoms with E-state index in [0.29, 0.717) is 35.5 Å². The molecule has 194 valence electrons. The number of hydrogen-bond acceptors (Lipinski definition) is 6. The van der Waals surface area contributed by atoms with Gasteiger partial charge in [0.05, 0.1) is 5.92 Å². The van der Waals surface area contributed by atoms with Gasteiger partial charge in [-0.15, -0.1) is 0 Å². The minimum Gasteiger partial charge on any atom is -0.458 e. The van der Waals surface area contributed by atoms with Gasteiger partial charge >= 0.3 is 11.9 Å². The summed E-state index contributed by atoms with van der Waals surface area (Å²) < 4.78 is 11.4. The molecule has 36 heavy (non-hydrogen) atoms. The molecular weight excluding hydrogens is 456 g/mol. The van der Waals surface area contributed by atoms with Crippen LogP contribution < -0.4 is 0 Å². The van der Waals surface area contributed by atoms with Gasteiger partial charge in [0.2, 0.25) is 5.78 Å². The van der Waals surface area contributed by atoms with Gasteiger partial charge in [0, 0.05) is 22.6 Å². The highest BCUT2D eigenvalue weighted by molar-refractivity contribution is 6.06. The van der Waals surface area contributed by atoms with Crippen LogP contribution in [0.15, 0.2) is 47.6 Å². The first kappa shape index (κ1) is 25.2. The monoisotopic (exact) mass is 494 g/mol. The maximum atomic E-state index is 13.6. The molecule has 0 aromatic rings.